The maximum Gasteiger partial charge on any atom is 0.328 e. The van der Waals surface area contributed by atoms with E-state index in [0.717, 1.165) is 22.8 Å². The normalized spacial score (nSPS) is 10.4. The van der Waals surface area contributed by atoms with Crippen molar-refractivity contribution in [3.63, 3.8) is 0 Å². The molecular formula is C21H16N4O2. The fourth-order valence-electron chi connectivity index (χ4n) is 2.48. The average Bonchev–Trinajstić information content (AvgIpc) is 2.66. The molecule has 0 spiro atoms. The van der Waals surface area contributed by atoms with Gasteiger partial charge in [0.05, 0.1) is 17.0 Å². The Morgan fingerprint density at radius 2 is 2.04 bits per heavy atom. The minimum atomic E-state index is -1.01. The van der Waals surface area contributed by atoms with E-state index in [-0.39, 0.29) is 5.95 Å². The van der Waals surface area contributed by atoms with Crippen LogP contribution < -0.4 is 5.73 Å². The van der Waals surface area contributed by atoms with Gasteiger partial charge in [0.1, 0.15) is 0 Å². The number of pyridine rings is 1. The number of carboxylic acids is 1. The van der Waals surface area contributed by atoms with E-state index in [1.807, 2.05) is 37.3 Å². The Balaban J connectivity index is 2.10. The highest BCUT2D eigenvalue weighted by molar-refractivity contribution is 5.85. The van der Waals surface area contributed by atoms with E-state index in [9.17, 15) is 4.79 Å². The van der Waals surface area contributed by atoms with Crippen LogP contribution in [0.2, 0.25) is 0 Å². The highest BCUT2D eigenvalue weighted by atomic mass is 16.4. The van der Waals surface area contributed by atoms with E-state index in [1.54, 1.807) is 18.5 Å². The molecule has 0 amide bonds. The van der Waals surface area contributed by atoms with Crippen molar-refractivity contribution in [3.8, 4) is 23.1 Å². The van der Waals surface area contributed by atoms with Crippen LogP contribution in [-0.4, -0.2) is 26.0 Å². The van der Waals surface area contributed by atoms with Gasteiger partial charge in [-0.1, -0.05) is 30.0 Å². The molecule has 0 aliphatic heterocycles. The van der Waals surface area contributed by atoms with Gasteiger partial charge in [-0.2, -0.15) is 0 Å². The number of carboxylic acid groups (broad SMARTS) is 1. The van der Waals surface area contributed by atoms with Crippen LogP contribution in [0.25, 0.3) is 17.3 Å². The van der Waals surface area contributed by atoms with Crippen molar-refractivity contribution < 1.29 is 9.90 Å². The van der Waals surface area contributed by atoms with Gasteiger partial charge in [0.2, 0.25) is 5.95 Å². The lowest BCUT2D eigenvalue weighted by Crippen LogP contribution is -2.03. The summed E-state index contributed by atoms with van der Waals surface area (Å²) in [7, 11) is 0. The summed E-state index contributed by atoms with van der Waals surface area (Å²) in [5.41, 5.74) is 10.0. The molecule has 0 aliphatic rings. The molecule has 0 fully saturated rings. The largest absolute Gasteiger partial charge is 0.478 e. The third kappa shape index (κ3) is 4.55. The number of nitrogens with zero attached hydrogens (tertiary/aromatic N) is 3. The summed E-state index contributed by atoms with van der Waals surface area (Å²) in [6.07, 6.45) is 5.97. The highest BCUT2D eigenvalue weighted by Crippen LogP contribution is 2.25. The molecule has 0 bridgehead atoms. The smallest absolute Gasteiger partial charge is 0.328 e. The molecule has 0 unspecified atom stereocenters. The lowest BCUT2D eigenvalue weighted by atomic mass is 10.0. The molecule has 3 aromatic rings. The number of carbonyl (C=O) groups is 1. The predicted molar refractivity (Wildman–Crippen MR) is 104 cm³/mol. The molecule has 0 atom stereocenters. The van der Waals surface area contributed by atoms with Gasteiger partial charge in [-0.15, -0.1) is 0 Å². The third-order valence-corrected chi connectivity index (χ3v) is 3.68. The molecule has 0 saturated heterocycles. The number of nitrogens with two attached hydrogens (primary N) is 1. The molecular weight excluding hydrogens is 340 g/mol. The number of aryl methyl sites for hydroxylation is 1. The molecule has 6 heteroatoms. The molecule has 3 rings (SSSR count). The third-order valence-electron chi connectivity index (χ3n) is 3.68. The quantitative estimate of drug-likeness (QED) is 0.553. The Bertz CT molecular complexity index is 1080. The van der Waals surface area contributed by atoms with Gasteiger partial charge in [-0.25, -0.2) is 14.8 Å². The van der Waals surface area contributed by atoms with Crippen LogP contribution in [0.15, 0.2) is 54.9 Å². The first kappa shape index (κ1) is 17.8. The first-order chi connectivity index (χ1) is 13.0. The number of hydrogen-bond donors (Lipinski definition) is 2. The van der Waals surface area contributed by atoms with E-state index in [2.05, 4.69) is 26.8 Å². The molecule has 1 aromatic carbocycles. The Labute approximate surface area is 156 Å². The maximum atomic E-state index is 10.7. The van der Waals surface area contributed by atoms with Gasteiger partial charge in [0.15, 0.2) is 0 Å². The van der Waals surface area contributed by atoms with Crippen LogP contribution in [0.5, 0.6) is 0 Å². The molecule has 0 aliphatic carbocycles. The average molecular weight is 356 g/mol. The second-order valence-corrected chi connectivity index (χ2v) is 5.68. The van der Waals surface area contributed by atoms with Gasteiger partial charge in [-0.05, 0) is 36.8 Å². The van der Waals surface area contributed by atoms with Crippen molar-refractivity contribution in [2.24, 2.45) is 0 Å². The summed E-state index contributed by atoms with van der Waals surface area (Å²) in [5, 5.41) is 8.81. The van der Waals surface area contributed by atoms with Gasteiger partial charge in [-0.3, -0.25) is 4.98 Å². The van der Waals surface area contributed by atoms with Crippen molar-refractivity contribution in [1.82, 2.24) is 15.0 Å². The van der Waals surface area contributed by atoms with Gasteiger partial charge in [0.25, 0.3) is 0 Å². The number of nitrogen functional groups attached to an aromatic ring is 1. The minimum Gasteiger partial charge on any atom is -0.478 e. The number of benzene rings is 1. The Hall–Kier alpha value is -3.98. The van der Waals surface area contributed by atoms with Crippen molar-refractivity contribution in [2.45, 2.75) is 6.92 Å². The number of anilines is 1. The van der Waals surface area contributed by atoms with Gasteiger partial charge < -0.3 is 10.8 Å². The monoisotopic (exact) mass is 356 g/mol. The van der Waals surface area contributed by atoms with E-state index in [0.29, 0.717) is 17.0 Å². The molecule has 2 heterocycles. The predicted octanol–water partition coefficient (Wildman–Crippen LogP) is 2.93. The summed E-state index contributed by atoms with van der Waals surface area (Å²) in [5.74, 6) is 5.32. The van der Waals surface area contributed by atoms with Crippen LogP contribution in [0.3, 0.4) is 0 Å². The topological polar surface area (TPSA) is 102 Å². The first-order valence-electron chi connectivity index (χ1n) is 8.10. The molecule has 6 nitrogen and oxygen atoms in total. The second kappa shape index (κ2) is 7.93. The SMILES string of the molecule is Cc1nc(N)nc(-c2cccc(/C=C/C(=O)O)c2)c1C#Cc1cccnc1. The van der Waals surface area contributed by atoms with E-state index < -0.39 is 5.97 Å². The van der Waals surface area contributed by atoms with Gasteiger partial charge >= 0.3 is 5.97 Å². The summed E-state index contributed by atoms with van der Waals surface area (Å²) in [4.78, 5) is 23.4. The zero-order chi connectivity index (χ0) is 19.2. The highest BCUT2D eigenvalue weighted by Gasteiger charge is 2.11. The first-order valence-corrected chi connectivity index (χ1v) is 8.10. The number of aliphatic carboxylic acids is 1. The van der Waals surface area contributed by atoms with E-state index in [1.165, 1.54) is 6.08 Å². The standard InChI is InChI=1S/C21H16N4O2/c1-14-18(9-7-16-5-3-11-23-13-16)20(25-21(22)24-14)17-6-2-4-15(12-17)8-10-19(26)27/h2-6,8,10-13H,1H3,(H,26,27)(H2,22,24,25)/b10-8+. The number of rotatable bonds is 3. The van der Waals surface area contributed by atoms with Crippen LogP contribution in [0.1, 0.15) is 22.4 Å². The Kier molecular flexibility index (Phi) is 5.24. The van der Waals surface area contributed by atoms with Gasteiger partial charge in [0, 0.05) is 29.6 Å². The summed E-state index contributed by atoms with van der Waals surface area (Å²) in [6, 6.07) is 11.0. The maximum absolute atomic E-state index is 10.7. The van der Waals surface area contributed by atoms with E-state index >= 15 is 0 Å². The minimum absolute atomic E-state index is 0.154. The molecule has 3 N–H and O–H groups in total. The van der Waals surface area contributed by atoms with Crippen LogP contribution in [-0.2, 0) is 4.79 Å². The molecule has 132 valence electrons. The molecule has 0 radical (unpaired) electrons. The van der Waals surface area contributed by atoms with Crippen LogP contribution in [0, 0.1) is 18.8 Å². The fraction of sp³-hybridized carbons (Fsp3) is 0.0476. The number of hydrogen-bond acceptors (Lipinski definition) is 5. The van der Waals surface area contributed by atoms with Crippen molar-refractivity contribution in [1.29, 1.82) is 0 Å². The zero-order valence-corrected chi connectivity index (χ0v) is 14.5. The molecule has 0 saturated carbocycles. The van der Waals surface area contributed by atoms with Crippen LogP contribution >= 0.6 is 0 Å². The Morgan fingerprint density at radius 1 is 1.19 bits per heavy atom. The fourth-order valence-corrected chi connectivity index (χ4v) is 2.48. The lowest BCUT2D eigenvalue weighted by molar-refractivity contribution is -0.131. The van der Waals surface area contributed by atoms with Crippen LogP contribution in [0.4, 0.5) is 5.95 Å². The zero-order valence-electron chi connectivity index (χ0n) is 14.5. The second-order valence-electron chi connectivity index (χ2n) is 5.68. The Morgan fingerprint density at radius 3 is 2.78 bits per heavy atom. The summed E-state index contributed by atoms with van der Waals surface area (Å²) in [6.45, 7) is 1.82. The van der Waals surface area contributed by atoms with E-state index in [4.69, 9.17) is 10.8 Å². The molecule has 2 aromatic heterocycles. The lowest BCUT2D eigenvalue weighted by Gasteiger charge is -2.08. The summed E-state index contributed by atoms with van der Waals surface area (Å²) >= 11 is 0. The van der Waals surface area contributed by atoms with Crippen molar-refractivity contribution >= 4 is 18.0 Å². The number of aromatic nitrogens is 3. The summed E-state index contributed by atoms with van der Waals surface area (Å²) < 4.78 is 0. The van der Waals surface area contributed by atoms with Crippen molar-refractivity contribution in [3.05, 3.63) is 77.3 Å². The molecule has 27 heavy (non-hydrogen) atoms. The van der Waals surface area contributed by atoms with Crippen molar-refractivity contribution in [2.75, 3.05) is 5.73 Å².